The maximum absolute atomic E-state index is 13.2. The van der Waals surface area contributed by atoms with Crippen molar-refractivity contribution in [2.24, 2.45) is 0 Å². The third-order valence-corrected chi connectivity index (χ3v) is 8.75. The maximum Gasteiger partial charge on any atom is 0.244 e. The lowest BCUT2D eigenvalue weighted by Gasteiger charge is -2.33. The highest BCUT2D eigenvalue weighted by atomic mass is 35.5. The monoisotopic (exact) mass is 480 g/mol. The molecule has 31 heavy (non-hydrogen) atoms. The van der Waals surface area contributed by atoms with E-state index in [1.807, 2.05) is 32.0 Å². The highest BCUT2D eigenvalue weighted by Crippen LogP contribution is 2.34. The first-order valence-corrected chi connectivity index (χ1v) is 12.7. The number of nitrogens with one attached hydrogen (secondary N) is 1. The summed E-state index contributed by atoms with van der Waals surface area (Å²) in [5.41, 5.74) is 1.72. The smallest absolute Gasteiger partial charge is 0.244 e. The van der Waals surface area contributed by atoms with Gasteiger partial charge in [0.2, 0.25) is 10.0 Å². The number of piperazine rings is 1. The van der Waals surface area contributed by atoms with Crippen LogP contribution in [0.3, 0.4) is 0 Å². The van der Waals surface area contributed by atoms with Gasteiger partial charge in [-0.1, -0.05) is 11.6 Å². The molecule has 0 saturated carbocycles. The van der Waals surface area contributed by atoms with Crippen molar-refractivity contribution < 1.29 is 13.2 Å². The van der Waals surface area contributed by atoms with Gasteiger partial charge in [-0.15, -0.1) is 11.3 Å². The van der Waals surface area contributed by atoms with Crippen molar-refractivity contribution in [2.45, 2.75) is 18.7 Å². The summed E-state index contributed by atoms with van der Waals surface area (Å²) in [6.45, 7) is 7.36. The largest absolute Gasteiger partial charge is 0.492 e. The van der Waals surface area contributed by atoms with E-state index in [4.69, 9.17) is 16.3 Å². The fourth-order valence-corrected chi connectivity index (χ4v) is 6.62. The molecule has 1 N–H and O–H groups in total. The van der Waals surface area contributed by atoms with Crippen LogP contribution in [0.5, 0.6) is 5.75 Å². The number of aryl methyl sites for hydroxylation is 2. The van der Waals surface area contributed by atoms with Crippen molar-refractivity contribution in [3.8, 4) is 16.3 Å². The van der Waals surface area contributed by atoms with Crippen LogP contribution in [0, 0.1) is 13.8 Å². The Labute approximate surface area is 191 Å². The highest BCUT2D eigenvalue weighted by molar-refractivity contribution is 7.89. The molecular weight excluding hydrogens is 456 g/mol. The number of sulfonamides is 1. The molecule has 0 unspecified atom stereocenters. The number of benzene rings is 1. The standard InChI is InChI=1S/C21H25ClN4O3S2/c1-15-13-19(24-23-15)20-14-21(16(2)30-20)31(27,28)26-9-7-25(8-10-26)11-12-29-18-5-3-17(22)4-6-18/h3-6,13-14H,7-12H2,1-2H3,(H,23,24). The SMILES string of the molecule is Cc1cc(-c2cc(S(=O)(=O)N3CCN(CCOc4ccc(Cl)cc4)CC3)c(C)s2)n[nH]1. The van der Waals surface area contributed by atoms with Crippen LogP contribution in [0.25, 0.3) is 10.6 Å². The zero-order chi connectivity index (χ0) is 22.0. The molecule has 4 rings (SSSR count). The van der Waals surface area contributed by atoms with E-state index in [1.165, 1.54) is 11.3 Å². The minimum absolute atomic E-state index is 0.382. The summed E-state index contributed by atoms with van der Waals surface area (Å²) in [7, 11) is -3.53. The summed E-state index contributed by atoms with van der Waals surface area (Å²) in [6, 6.07) is 10.9. The van der Waals surface area contributed by atoms with Crippen LogP contribution in [0.15, 0.2) is 41.3 Å². The molecule has 0 bridgehead atoms. The second kappa shape index (κ2) is 9.30. The molecule has 0 radical (unpaired) electrons. The fraction of sp³-hybridized carbons (Fsp3) is 0.381. The van der Waals surface area contributed by atoms with Gasteiger partial charge in [0, 0.05) is 48.3 Å². The van der Waals surface area contributed by atoms with Crippen molar-refractivity contribution >= 4 is 33.0 Å². The summed E-state index contributed by atoms with van der Waals surface area (Å²) in [4.78, 5) is 4.25. The van der Waals surface area contributed by atoms with Crippen LogP contribution >= 0.6 is 22.9 Å². The lowest BCUT2D eigenvalue weighted by Crippen LogP contribution is -2.49. The Morgan fingerprint density at radius 3 is 2.48 bits per heavy atom. The Balaban J connectivity index is 1.33. The van der Waals surface area contributed by atoms with Crippen LogP contribution in [0.2, 0.25) is 5.02 Å². The second-order valence-corrected chi connectivity index (χ2v) is 11.1. The summed E-state index contributed by atoms with van der Waals surface area (Å²) < 4.78 is 33.8. The van der Waals surface area contributed by atoms with Crippen molar-refractivity contribution in [2.75, 3.05) is 39.3 Å². The number of nitrogens with zero attached hydrogens (tertiary/aromatic N) is 3. The Morgan fingerprint density at radius 1 is 1.13 bits per heavy atom. The Bertz CT molecular complexity index is 1130. The van der Waals surface area contributed by atoms with Crippen molar-refractivity contribution in [3.63, 3.8) is 0 Å². The van der Waals surface area contributed by atoms with E-state index in [0.29, 0.717) is 42.7 Å². The van der Waals surface area contributed by atoms with Crippen LogP contribution in [0.1, 0.15) is 10.6 Å². The number of hydrogen-bond acceptors (Lipinski definition) is 6. The van der Waals surface area contributed by atoms with Crippen LogP contribution < -0.4 is 4.74 Å². The molecule has 0 atom stereocenters. The number of aromatic amines is 1. The molecule has 0 amide bonds. The van der Waals surface area contributed by atoms with Gasteiger partial charge in [-0.2, -0.15) is 9.40 Å². The van der Waals surface area contributed by atoms with Gasteiger partial charge in [0.15, 0.2) is 0 Å². The molecule has 3 heterocycles. The van der Waals surface area contributed by atoms with E-state index in [-0.39, 0.29) is 0 Å². The number of ether oxygens (including phenoxy) is 1. The first kappa shape index (κ1) is 22.3. The molecule has 0 spiro atoms. The number of H-pyrrole nitrogens is 1. The lowest BCUT2D eigenvalue weighted by atomic mass is 10.3. The third-order valence-electron chi connectivity index (χ3n) is 5.27. The Morgan fingerprint density at radius 2 is 1.84 bits per heavy atom. The molecule has 1 aliphatic rings. The van der Waals surface area contributed by atoms with E-state index in [1.54, 1.807) is 22.5 Å². The van der Waals surface area contributed by atoms with Crippen molar-refractivity contribution in [1.29, 1.82) is 0 Å². The Kier molecular flexibility index (Phi) is 6.68. The number of thiophene rings is 1. The quantitative estimate of drug-likeness (QED) is 0.556. The average molecular weight is 481 g/mol. The number of rotatable bonds is 7. The predicted molar refractivity (Wildman–Crippen MR) is 124 cm³/mol. The fourth-order valence-electron chi connectivity index (χ4n) is 3.55. The molecule has 166 valence electrons. The molecule has 1 saturated heterocycles. The molecule has 1 aromatic carbocycles. The molecule has 10 heteroatoms. The zero-order valence-corrected chi connectivity index (χ0v) is 19.9. The van der Waals surface area contributed by atoms with Crippen LogP contribution in [-0.4, -0.2) is 67.2 Å². The number of aromatic nitrogens is 2. The first-order valence-electron chi connectivity index (χ1n) is 10.1. The van der Waals surface area contributed by atoms with Gasteiger partial charge in [-0.25, -0.2) is 8.42 Å². The van der Waals surface area contributed by atoms with Gasteiger partial charge in [-0.05, 0) is 50.2 Å². The normalized spacial score (nSPS) is 16.0. The van der Waals surface area contributed by atoms with E-state index in [2.05, 4.69) is 15.1 Å². The number of hydrogen-bond donors (Lipinski definition) is 1. The second-order valence-electron chi connectivity index (χ2n) is 7.52. The Hall–Kier alpha value is -1.91. The predicted octanol–water partition coefficient (Wildman–Crippen LogP) is 3.79. The first-order chi connectivity index (χ1) is 14.8. The van der Waals surface area contributed by atoms with E-state index in [9.17, 15) is 8.42 Å². The molecule has 3 aromatic rings. The van der Waals surface area contributed by atoms with Gasteiger partial charge in [0.1, 0.15) is 18.1 Å². The summed E-state index contributed by atoms with van der Waals surface area (Å²) in [6.07, 6.45) is 0. The van der Waals surface area contributed by atoms with Gasteiger partial charge < -0.3 is 4.74 Å². The highest BCUT2D eigenvalue weighted by Gasteiger charge is 2.31. The minimum atomic E-state index is -3.53. The van der Waals surface area contributed by atoms with E-state index < -0.39 is 10.0 Å². The van der Waals surface area contributed by atoms with Crippen molar-refractivity contribution in [1.82, 2.24) is 19.4 Å². The topological polar surface area (TPSA) is 78.5 Å². The molecule has 1 aliphatic heterocycles. The van der Waals surface area contributed by atoms with Crippen LogP contribution in [-0.2, 0) is 10.0 Å². The maximum atomic E-state index is 13.2. The van der Waals surface area contributed by atoms with Gasteiger partial charge in [-0.3, -0.25) is 10.00 Å². The lowest BCUT2D eigenvalue weighted by molar-refractivity contribution is 0.159. The van der Waals surface area contributed by atoms with Gasteiger partial charge in [0.25, 0.3) is 0 Å². The summed E-state index contributed by atoms with van der Waals surface area (Å²) in [5, 5.41) is 7.84. The van der Waals surface area contributed by atoms with Crippen molar-refractivity contribution in [3.05, 3.63) is 52.0 Å². The van der Waals surface area contributed by atoms with Gasteiger partial charge >= 0.3 is 0 Å². The average Bonchev–Trinajstić information content (AvgIpc) is 3.36. The molecule has 2 aromatic heterocycles. The van der Waals surface area contributed by atoms with E-state index in [0.717, 1.165) is 33.4 Å². The number of halogens is 1. The molecule has 1 fully saturated rings. The molecular formula is C21H25ClN4O3S2. The minimum Gasteiger partial charge on any atom is -0.492 e. The van der Waals surface area contributed by atoms with Gasteiger partial charge in [0.05, 0.1) is 9.77 Å². The third kappa shape index (κ3) is 5.12. The zero-order valence-electron chi connectivity index (χ0n) is 17.5. The van der Waals surface area contributed by atoms with Crippen LogP contribution in [0.4, 0.5) is 0 Å². The molecule has 7 nitrogen and oxygen atoms in total. The van der Waals surface area contributed by atoms with E-state index >= 15 is 0 Å². The summed E-state index contributed by atoms with van der Waals surface area (Å²) in [5.74, 6) is 0.779. The summed E-state index contributed by atoms with van der Waals surface area (Å²) >= 11 is 7.34. The molecule has 0 aliphatic carbocycles.